The Kier molecular flexibility index (Phi) is 6.43. The minimum Gasteiger partial charge on any atom is -0.497 e. The fourth-order valence-electron chi connectivity index (χ4n) is 2.73. The van der Waals surface area contributed by atoms with Crippen molar-refractivity contribution in [3.63, 3.8) is 0 Å². The van der Waals surface area contributed by atoms with E-state index in [4.69, 9.17) is 4.74 Å². The summed E-state index contributed by atoms with van der Waals surface area (Å²) >= 11 is 0. The van der Waals surface area contributed by atoms with Crippen molar-refractivity contribution in [1.29, 1.82) is 0 Å². The highest BCUT2D eigenvalue weighted by atomic mass is 16.5. The number of nitrogens with zero attached hydrogens (tertiary/aromatic N) is 1. The third-order valence-corrected chi connectivity index (χ3v) is 4.39. The van der Waals surface area contributed by atoms with E-state index in [1.165, 1.54) is 6.08 Å². The SMILES string of the molecule is COc1ccc(/C=C/C(=O)Nc2ccc(C(=O)N(C)c3ccccc3)cc2)cc1. The molecule has 0 aromatic heterocycles. The lowest BCUT2D eigenvalue weighted by atomic mass is 10.1. The lowest BCUT2D eigenvalue weighted by Gasteiger charge is -2.17. The van der Waals surface area contributed by atoms with Gasteiger partial charge in [0.1, 0.15) is 5.75 Å². The quantitative estimate of drug-likeness (QED) is 0.629. The molecule has 3 rings (SSSR count). The number of hydrogen-bond donors (Lipinski definition) is 1. The zero-order valence-electron chi connectivity index (χ0n) is 16.3. The lowest BCUT2D eigenvalue weighted by molar-refractivity contribution is -0.111. The largest absolute Gasteiger partial charge is 0.497 e. The van der Waals surface area contributed by atoms with Gasteiger partial charge in [-0.3, -0.25) is 9.59 Å². The van der Waals surface area contributed by atoms with E-state index in [1.54, 1.807) is 49.4 Å². The van der Waals surface area contributed by atoms with Crippen LogP contribution in [0.2, 0.25) is 0 Å². The first-order valence-corrected chi connectivity index (χ1v) is 9.13. The standard InChI is InChI=1S/C24H22N2O3/c1-26(21-6-4-3-5-7-21)24(28)19-11-13-20(14-12-19)25-23(27)17-10-18-8-15-22(29-2)16-9-18/h3-17H,1-2H3,(H,25,27)/b17-10+. The van der Waals surface area contributed by atoms with Gasteiger partial charge in [0.05, 0.1) is 7.11 Å². The van der Waals surface area contributed by atoms with Gasteiger partial charge in [0.25, 0.3) is 5.91 Å². The highest BCUT2D eigenvalue weighted by Crippen LogP contribution is 2.17. The van der Waals surface area contributed by atoms with Crippen LogP contribution in [0.3, 0.4) is 0 Å². The summed E-state index contributed by atoms with van der Waals surface area (Å²) in [6, 6.07) is 23.7. The van der Waals surface area contributed by atoms with Crippen LogP contribution >= 0.6 is 0 Å². The molecule has 0 saturated heterocycles. The second-order valence-electron chi connectivity index (χ2n) is 6.37. The first kappa shape index (κ1) is 19.9. The molecule has 146 valence electrons. The van der Waals surface area contributed by atoms with Gasteiger partial charge in [-0.15, -0.1) is 0 Å². The van der Waals surface area contributed by atoms with Gasteiger partial charge in [-0.2, -0.15) is 0 Å². The monoisotopic (exact) mass is 386 g/mol. The fraction of sp³-hybridized carbons (Fsp3) is 0.0833. The molecule has 0 heterocycles. The van der Waals surface area contributed by atoms with Gasteiger partial charge < -0.3 is 15.0 Å². The topological polar surface area (TPSA) is 58.6 Å². The van der Waals surface area contributed by atoms with E-state index in [1.807, 2.05) is 54.6 Å². The zero-order chi connectivity index (χ0) is 20.6. The zero-order valence-corrected chi connectivity index (χ0v) is 16.3. The maximum Gasteiger partial charge on any atom is 0.258 e. The van der Waals surface area contributed by atoms with Gasteiger partial charge in [-0.25, -0.2) is 0 Å². The number of hydrogen-bond acceptors (Lipinski definition) is 3. The lowest BCUT2D eigenvalue weighted by Crippen LogP contribution is -2.26. The van der Waals surface area contributed by atoms with Crippen LogP contribution < -0.4 is 15.0 Å². The van der Waals surface area contributed by atoms with Gasteiger partial charge in [0.2, 0.25) is 5.91 Å². The molecule has 5 heteroatoms. The fourth-order valence-corrected chi connectivity index (χ4v) is 2.73. The van der Waals surface area contributed by atoms with Crippen LogP contribution in [0.4, 0.5) is 11.4 Å². The number of amides is 2. The first-order chi connectivity index (χ1) is 14.1. The number of carbonyl (C=O) groups excluding carboxylic acids is 2. The second kappa shape index (κ2) is 9.37. The molecule has 0 atom stereocenters. The van der Waals surface area contributed by atoms with E-state index in [0.29, 0.717) is 11.3 Å². The summed E-state index contributed by atoms with van der Waals surface area (Å²) < 4.78 is 5.11. The minimum atomic E-state index is -0.249. The molecule has 0 fully saturated rings. The minimum absolute atomic E-state index is 0.117. The van der Waals surface area contributed by atoms with Crippen LogP contribution in [-0.4, -0.2) is 26.0 Å². The summed E-state index contributed by atoms with van der Waals surface area (Å²) in [5.41, 5.74) is 2.88. The molecule has 2 amide bonds. The number of anilines is 2. The van der Waals surface area contributed by atoms with E-state index in [-0.39, 0.29) is 11.8 Å². The van der Waals surface area contributed by atoms with Crippen LogP contribution in [0.1, 0.15) is 15.9 Å². The molecule has 0 aliphatic carbocycles. The normalized spacial score (nSPS) is 10.6. The number of carbonyl (C=O) groups is 2. The molecular formula is C24H22N2O3. The van der Waals surface area contributed by atoms with Crippen LogP contribution in [0, 0.1) is 0 Å². The highest BCUT2D eigenvalue weighted by Gasteiger charge is 2.13. The Morgan fingerprint density at radius 2 is 1.55 bits per heavy atom. The van der Waals surface area contributed by atoms with E-state index >= 15 is 0 Å². The van der Waals surface area contributed by atoms with Gasteiger partial charge in [0, 0.05) is 30.1 Å². The predicted molar refractivity (Wildman–Crippen MR) is 116 cm³/mol. The van der Waals surface area contributed by atoms with Gasteiger partial charge in [-0.05, 0) is 60.2 Å². The van der Waals surface area contributed by atoms with Crippen LogP contribution in [-0.2, 0) is 4.79 Å². The molecule has 5 nitrogen and oxygen atoms in total. The molecule has 1 N–H and O–H groups in total. The van der Waals surface area contributed by atoms with Crippen molar-refractivity contribution in [1.82, 2.24) is 0 Å². The Labute approximate surface area is 170 Å². The number of nitrogens with one attached hydrogen (secondary N) is 1. The molecule has 0 unspecified atom stereocenters. The van der Waals surface area contributed by atoms with Crippen molar-refractivity contribution in [3.05, 3.63) is 96.1 Å². The molecule has 3 aromatic rings. The average Bonchev–Trinajstić information content (AvgIpc) is 2.78. The van der Waals surface area contributed by atoms with Crippen LogP contribution in [0.15, 0.2) is 84.9 Å². The first-order valence-electron chi connectivity index (χ1n) is 9.13. The van der Waals surface area contributed by atoms with E-state index in [2.05, 4.69) is 5.32 Å². The molecule has 0 saturated carbocycles. The Morgan fingerprint density at radius 3 is 2.17 bits per heavy atom. The smallest absolute Gasteiger partial charge is 0.258 e. The number of methoxy groups -OCH3 is 1. The molecule has 3 aromatic carbocycles. The van der Waals surface area contributed by atoms with Crippen molar-refractivity contribution in [2.45, 2.75) is 0 Å². The predicted octanol–water partition coefficient (Wildman–Crippen LogP) is 4.62. The number of para-hydroxylation sites is 1. The van der Waals surface area contributed by atoms with Gasteiger partial charge in [-0.1, -0.05) is 30.3 Å². The number of ether oxygens (including phenoxy) is 1. The molecule has 0 radical (unpaired) electrons. The molecule has 0 spiro atoms. The Hall–Kier alpha value is -3.86. The maximum atomic E-state index is 12.6. The van der Waals surface area contributed by atoms with Gasteiger partial charge in [0.15, 0.2) is 0 Å². The highest BCUT2D eigenvalue weighted by molar-refractivity contribution is 6.06. The Bertz CT molecular complexity index is 995. The summed E-state index contributed by atoms with van der Waals surface area (Å²) in [7, 11) is 3.34. The van der Waals surface area contributed by atoms with Crippen molar-refractivity contribution >= 4 is 29.3 Å². The van der Waals surface area contributed by atoms with Crippen molar-refractivity contribution in [2.24, 2.45) is 0 Å². The third-order valence-electron chi connectivity index (χ3n) is 4.39. The summed E-state index contributed by atoms with van der Waals surface area (Å²) in [5, 5.41) is 2.79. The molecule has 0 aliphatic heterocycles. The third kappa shape index (κ3) is 5.32. The Balaban J connectivity index is 1.60. The van der Waals surface area contributed by atoms with Crippen molar-refractivity contribution < 1.29 is 14.3 Å². The second-order valence-corrected chi connectivity index (χ2v) is 6.37. The van der Waals surface area contributed by atoms with E-state index in [9.17, 15) is 9.59 Å². The molecular weight excluding hydrogens is 364 g/mol. The maximum absolute atomic E-state index is 12.6. The molecule has 0 aliphatic rings. The van der Waals surface area contributed by atoms with E-state index < -0.39 is 0 Å². The summed E-state index contributed by atoms with van der Waals surface area (Å²) in [4.78, 5) is 26.3. The molecule has 29 heavy (non-hydrogen) atoms. The van der Waals surface area contributed by atoms with Crippen LogP contribution in [0.25, 0.3) is 6.08 Å². The van der Waals surface area contributed by atoms with Crippen molar-refractivity contribution in [2.75, 3.05) is 24.4 Å². The summed E-state index contributed by atoms with van der Waals surface area (Å²) in [6.07, 6.45) is 3.19. The van der Waals surface area contributed by atoms with Crippen molar-refractivity contribution in [3.8, 4) is 5.75 Å². The van der Waals surface area contributed by atoms with E-state index in [0.717, 1.165) is 17.0 Å². The van der Waals surface area contributed by atoms with Crippen LogP contribution in [0.5, 0.6) is 5.75 Å². The average molecular weight is 386 g/mol. The molecule has 0 bridgehead atoms. The number of benzene rings is 3. The summed E-state index contributed by atoms with van der Waals surface area (Å²) in [5.74, 6) is 0.397. The number of rotatable bonds is 6. The summed E-state index contributed by atoms with van der Waals surface area (Å²) in [6.45, 7) is 0. The Morgan fingerprint density at radius 1 is 0.897 bits per heavy atom. The van der Waals surface area contributed by atoms with Gasteiger partial charge >= 0.3 is 0 Å².